The maximum atomic E-state index is 11.8. The summed E-state index contributed by atoms with van der Waals surface area (Å²) < 4.78 is 6.26. The van der Waals surface area contributed by atoms with E-state index in [0.717, 1.165) is 25.9 Å². The van der Waals surface area contributed by atoms with Gasteiger partial charge in [-0.05, 0) is 55.1 Å². The Morgan fingerprint density at radius 3 is 2.08 bits per heavy atom. The molecule has 0 aromatic heterocycles. The van der Waals surface area contributed by atoms with Gasteiger partial charge in [0.2, 0.25) is 0 Å². The quantitative estimate of drug-likeness (QED) is 0.261. The van der Waals surface area contributed by atoms with Crippen molar-refractivity contribution in [3.63, 3.8) is 0 Å². The molecule has 0 aliphatic carbocycles. The van der Waals surface area contributed by atoms with Gasteiger partial charge in [0.15, 0.2) is 8.32 Å². The van der Waals surface area contributed by atoms with E-state index in [9.17, 15) is 9.90 Å². The van der Waals surface area contributed by atoms with Crippen LogP contribution >= 0.6 is 0 Å². The molecule has 148 valence electrons. The molecule has 0 bridgehead atoms. The molecule has 0 saturated heterocycles. The molecule has 2 unspecified atom stereocenters. The minimum Gasteiger partial charge on any atom is -0.481 e. The lowest BCUT2D eigenvalue weighted by molar-refractivity contribution is -0.143. The Labute approximate surface area is 157 Å². The van der Waals surface area contributed by atoms with Gasteiger partial charge in [0.05, 0.1) is 5.92 Å². The zero-order valence-electron chi connectivity index (χ0n) is 18.1. The van der Waals surface area contributed by atoms with E-state index in [1.807, 2.05) is 0 Å². The predicted molar refractivity (Wildman–Crippen MR) is 110 cm³/mol. The number of carbonyl (C=O) groups is 1. The summed E-state index contributed by atoms with van der Waals surface area (Å²) in [5, 5.41) is 9.91. The Morgan fingerprint density at radius 2 is 1.68 bits per heavy atom. The fourth-order valence-electron chi connectivity index (χ4n) is 2.63. The van der Waals surface area contributed by atoms with E-state index in [1.54, 1.807) is 0 Å². The van der Waals surface area contributed by atoms with E-state index >= 15 is 0 Å². The Balaban J connectivity index is 4.88. The highest BCUT2D eigenvalue weighted by Gasteiger charge is 2.37. The van der Waals surface area contributed by atoms with Gasteiger partial charge < -0.3 is 9.53 Å². The molecule has 1 N–H and O–H groups in total. The van der Waals surface area contributed by atoms with Crippen LogP contribution < -0.4 is 0 Å². The smallest absolute Gasteiger partial charge is 0.307 e. The summed E-state index contributed by atoms with van der Waals surface area (Å²) in [5.41, 5.74) is 0. The van der Waals surface area contributed by atoms with Crippen LogP contribution in [0.4, 0.5) is 0 Å². The zero-order valence-corrected chi connectivity index (χ0v) is 19.1. The Morgan fingerprint density at radius 1 is 1.12 bits per heavy atom. The molecule has 0 fully saturated rings. The molecule has 3 nitrogen and oxygen atoms in total. The molecule has 0 radical (unpaired) electrons. The first kappa shape index (κ1) is 24.4. The van der Waals surface area contributed by atoms with Crippen LogP contribution in [-0.4, -0.2) is 26.0 Å². The van der Waals surface area contributed by atoms with Crippen LogP contribution in [0.1, 0.15) is 67.7 Å². The third-order valence-corrected chi connectivity index (χ3v) is 9.79. The zero-order chi connectivity index (χ0) is 19.8. The molecule has 0 rings (SSSR count). The number of hydrogen-bond acceptors (Lipinski definition) is 2. The van der Waals surface area contributed by atoms with Crippen molar-refractivity contribution in [1.29, 1.82) is 0 Å². The van der Waals surface area contributed by atoms with E-state index in [1.165, 1.54) is 0 Å². The highest BCUT2D eigenvalue weighted by Crippen LogP contribution is 2.36. The normalized spacial score (nSPS) is 16.0. The van der Waals surface area contributed by atoms with Gasteiger partial charge in [0.25, 0.3) is 0 Å². The van der Waals surface area contributed by atoms with Gasteiger partial charge in [-0.1, -0.05) is 60.6 Å². The van der Waals surface area contributed by atoms with Gasteiger partial charge in [-0.3, -0.25) is 4.79 Å². The van der Waals surface area contributed by atoms with Crippen molar-refractivity contribution >= 4 is 14.3 Å². The fourth-order valence-corrected chi connectivity index (χ4v) is 3.71. The molecule has 0 amide bonds. The Kier molecular flexibility index (Phi) is 10.3. The maximum Gasteiger partial charge on any atom is 0.307 e. The van der Waals surface area contributed by atoms with E-state index in [-0.39, 0.29) is 16.9 Å². The molecule has 0 heterocycles. The van der Waals surface area contributed by atoms with Gasteiger partial charge in [0, 0.05) is 6.61 Å². The summed E-state index contributed by atoms with van der Waals surface area (Å²) in [6, 6.07) is 0. The largest absolute Gasteiger partial charge is 0.481 e. The Hall–Kier alpha value is -0.613. The first-order valence-corrected chi connectivity index (χ1v) is 12.7. The van der Waals surface area contributed by atoms with Crippen molar-refractivity contribution in [2.45, 2.75) is 85.9 Å². The number of hydrogen-bond donors (Lipinski definition) is 1. The molecule has 0 aliphatic heterocycles. The van der Waals surface area contributed by atoms with Crippen molar-refractivity contribution in [2.75, 3.05) is 6.61 Å². The van der Waals surface area contributed by atoms with Crippen LogP contribution in [-0.2, 0) is 9.22 Å². The summed E-state index contributed by atoms with van der Waals surface area (Å²) in [6.07, 6.45) is 6.81. The minimum absolute atomic E-state index is 0.0883. The van der Waals surface area contributed by atoms with Crippen LogP contribution in [0.5, 0.6) is 0 Å². The second kappa shape index (κ2) is 10.5. The minimum atomic E-state index is -1.72. The summed E-state index contributed by atoms with van der Waals surface area (Å²) in [6.45, 7) is 20.5. The van der Waals surface area contributed by atoms with Crippen LogP contribution in [0.2, 0.25) is 18.1 Å². The van der Waals surface area contributed by atoms with Gasteiger partial charge >= 0.3 is 5.97 Å². The molecule has 25 heavy (non-hydrogen) atoms. The first-order chi connectivity index (χ1) is 11.3. The lowest BCUT2D eigenvalue weighted by atomic mass is 9.82. The topological polar surface area (TPSA) is 46.5 Å². The predicted octanol–water partition coefficient (Wildman–Crippen LogP) is 6.36. The van der Waals surface area contributed by atoms with E-state index in [4.69, 9.17) is 4.43 Å². The lowest BCUT2D eigenvalue weighted by Gasteiger charge is -2.36. The van der Waals surface area contributed by atoms with Crippen molar-refractivity contribution in [2.24, 2.45) is 23.7 Å². The number of allylic oxidation sites excluding steroid dienone is 2. The van der Waals surface area contributed by atoms with Crippen LogP contribution in [0.25, 0.3) is 0 Å². The molecule has 0 aromatic carbocycles. The molecule has 2 atom stereocenters. The van der Waals surface area contributed by atoms with Crippen LogP contribution in [0, 0.1) is 23.7 Å². The van der Waals surface area contributed by atoms with Crippen molar-refractivity contribution in [3.8, 4) is 0 Å². The van der Waals surface area contributed by atoms with E-state index < -0.39 is 14.3 Å². The SMILES string of the molecule is CC(C)/C=C/C(CCCO[Si](C)(C)C(C)(C)C)C(CC(C)C)C(=O)O. The Bertz CT molecular complexity index is 419. The van der Waals surface area contributed by atoms with Crippen molar-refractivity contribution < 1.29 is 14.3 Å². The highest BCUT2D eigenvalue weighted by molar-refractivity contribution is 6.74. The molecule has 0 saturated carbocycles. The second-order valence-electron chi connectivity index (χ2n) is 9.62. The van der Waals surface area contributed by atoms with Crippen molar-refractivity contribution in [1.82, 2.24) is 0 Å². The number of carboxylic acids is 1. The summed E-state index contributed by atoms with van der Waals surface area (Å²) >= 11 is 0. The standard InChI is InChI=1S/C21H42O3Si/c1-16(2)12-13-18(19(20(22)23)15-17(3)4)11-10-14-24-25(8,9)21(5,6)7/h12-13,16-19H,10-11,14-15H2,1-9H3,(H,22,23)/b13-12+. The van der Waals surface area contributed by atoms with Gasteiger partial charge in [-0.15, -0.1) is 0 Å². The average Bonchev–Trinajstić information content (AvgIpc) is 2.42. The van der Waals surface area contributed by atoms with E-state index in [2.05, 4.69) is 73.7 Å². The lowest BCUT2D eigenvalue weighted by Crippen LogP contribution is -2.41. The molecule has 4 heteroatoms. The summed E-state index contributed by atoms with van der Waals surface area (Å²) in [5.74, 6) is -0.0513. The van der Waals surface area contributed by atoms with Gasteiger partial charge in [0.1, 0.15) is 0 Å². The molecular weight excluding hydrogens is 328 g/mol. The number of carboxylic acid groups (broad SMARTS) is 1. The summed E-state index contributed by atoms with van der Waals surface area (Å²) in [4.78, 5) is 11.8. The maximum absolute atomic E-state index is 11.8. The fraction of sp³-hybridized carbons (Fsp3) is 0.857. The molecular formula is C21H42O3Si. The molecule has 0 aliphatic rings. The molecule has 0 spiro atoms. The highest BCUT2D eigenvalue weighted by atomic mass is 28.4. The molecule has 0 aromatic rings. The van der Waals surface area contributed by atoms with Gasteiger partial charge in [-0.2, -0.15) is 0 Å². The second-order valence-corrected chi connectivity index (χ2v) is 14.4. The van der Waals surface area contributed by atoms with Gasteiger partial charge in [-0.25, -0.2) is 0 Å². The third kappa shape index (κ3) is 9.60. The van der Waals surface area contributed by atoms with E-state index in [0.29, 0.717) is 11.8 Å². The first-order valence-electron chi connectivity index (χ1n) is 9.83. The summed E-state index contributed by atoms with van der Waals surface area (Å²) in [7, 11) is -1.72. The van der Waals surface area contributed by atoms with Crippen LogP contribution in [0.15, 0.2) is 12.2 Å². The van der Waals surface area contributed by atoms with Crippen LogP contribution in [0.3, 0.4) is 0 Å². The number of aliphatic carboxylic acids is 1. The third-order valence-electron chi connectivity index (χ3n) is 5.25. The monoisotopic (exact) mass is 370 g/mol. The number of rotatable bonds is 11. The average molecular weight is 371 g/mol. The van der Waals surface area contributed by atoms with Crippen molar-refractivity contribution in [3.05, 3.63) is 12.2 Å².